The van der Waals surface area contributed by atoms with Gasteiger partial charge < -0.3 is 5.11 Å². The smallest absolute Gasteiger partial charge is 0.303 e. The van der Waals surface area contributed by atoms with Gasteiger partial charge in [-0.05, 0) is 28.1 Å². The van der Waals surface area contributed by atoms with Crippen molar-refractivity contribution in [1.29, 1.82) is 0 Å². The van der Waals surface area contributed by atoms with E-state index in [0.717, 1.165) is 0 Å². The van der Waals surface area contributed by atoms with E-state index in [1.807, 2.05) is 0 Å². The number of nitrogens with one attached hydrogen (secondary N) is 1. The zero-order valence-electron chi connectivity index (χ0n) is 9.28. The van der Waals surface area contributed by atoms with Crippen LogP contribution in [0.25, 0.3) is 11.3 Å². The molecular formula is C12H10BrFN2O2. The fraction of sp³-hybridized carbons (Fsp3) is 0.167. The summed E-state index contributed by atoms with van der Waals surface area (Å²) >= 11 is 3.35. The van der Waals surface area contributed by atoms with Crippen LogP contribution in [-0.2, 0) is 11.2 Å². The number of carbonyl (C=O) groups is 1. The lowest BCUT2D eigenvalue weighted by atomic mass is 10.1. The number of hydrogen-bond acceptors (Lipinski definition) is 2. The van der Waals surface area contributed by atoms with E-state index < -0.39 is 5.97 Å². The third-order valence-electron chi connectivity index (χ3n) is 2.46. The number of aromatic nitrogens is 2. The second-order valence-electron chi connectivity index (χ2n) is 3.77. The minimum Gasteiger partial charge on any atom is -0.481 e. The summed E-state index contributed by atoms with van der Waals surface area (Å²) in [5.74, 6) is -1.21. The van der Waals surface area contributed by atoms with E-state index in [9.17, 15) is 9.18 Å². The van der Waals surface area contributed by atoms with Crippen molar-refractivity contribution in [3.05, 3.63) is 40.2 Å². The molecule has 0 radical (unpaired) electrons. The van der Waals surface area contributed by atoms with Crippen LogP contribution in [0.3, 0.4) is 0 Å². The second-order valence-corrected chi connectivity index (χ2v) is 4.56. The summed E-state index contributed by atoms with van der Waals surface area (Å²) in [5.41, 5.74) is 1.91. The minimum absolute atomic E-state index is 0.0172. The molecule has 1 aromatic heterocycles. The average molecular weight is 313 g/mol. The number of halogens is 2. The van der Waals surface area contributed by atoms with Gasteiger partial charge in [-0.25, -0.2) is 4.39 Å². The first kappa shape index (κ1) is 12.8. The van der Waals surface area contributed by atoms with Crippen molar-refractivity contribution >= 4 is 21.9 Å². The Morgan fingerprint density at radius 1 is 1.50 bits per heavy atom. The van der Waals surface area contributed by atoms with E-state index in [1.165, 1.54) is 12.1 Å². The monoisotopic (exact) mass is 312 g/mol. The number of aromatic amines is 1. The second kappa shape index (κ2) is 5.30. The predicted octanol–water partition coefficient (Wildman–Crippen LogP) is 3.00. The molecule has 2 aromatic rings. The Labute approximate surface area is 111 Å². The van der Waals surface area contributed by atoms with Crippen LogP contribution in [0, 0.1) is 5.82 Å². The summed E-state index contributed by atoms with van der Waals surface area (Å²) in [5, 5.41) is 15.5. The molecule has 2 N–H and O–H groups in total. The quantitative estimate of drug-likeness (QED) is 0.912. The van der Waals surface area contributed by atoms with Crippen molar-refractivity contribution in [3.63, 3.8) is 0 Å². The summed E-state index contributed by atoms with van der Waals surface area (Å²) in [6, 6.07) is 6.07. The standard InChI is InChI=1S/C12H10BrFN2O2/c13-11-9(4-5-10(17)18)15-16-12(11)7-2-1-3-8(14)6-7/h1-3,6H,4-5H2,(H,15,16)(H,17,18). The minimum atomic E-state index is -0.871. The molecule has 1 heterocycles. The van der Waals surface area contributed by atoms with Gasteiger partial charge >= 0.3 is 5.97 Å². The maximum absolute atomic E-state index is 13.1. The number of hydrogen-bond donors (Lipinski definition) is 2. The van der Waals surface area contributed by atoms with Crippen molar-refractivity contribution in [1.82, 2.24) is 10.2 Å². The van der Waals surface area contributed by atoms with Crippen molar-refractivity contribution in [2.24, 2.45) is 0 Å². The van der Waals surface area contributed by atoms with Gasteiger partial charge in [-0.1, -0.05) is 12.1 Å². The zero-order chi connectivity index (χ0) is 13.1. The molecule has 0 atom stereocenters. The number of carboxylic acids is 1. The number of nitrogens with zero attached hydrogens (tertiary/aromatic N) is 1. The molecule has 0 unspecified atom stereocenters. The van der Waals surface area contributed by atoms with E-state index in [-0.39, 0.29) is 12.2 Å². The van der Waals surface area contributed by atoms with Gasteiger partial charge in [0.1, 0.15) is 11.5 Å². The Balaban J connectivity index is 2.28. The maximum atomic E-state index is 13.1. The molecule has 0 bridgehead atoms. The molecule has 2 rings (SSSR count). The van der Waals surface area contributed by atoms with E-state index in [2.05, 4.69) is 26.1 Å². The summed E-state index contributed by atoms with van der Waals surface area (Å²) in [6.45, 7) is 0. The fourth-order valence-corrected chi connectivity index (χ4v) is 2.19. The normalized spacial score (nSPS) is 10.6. The first-order chi connectivity index (χ1) is 8.58. The number of carboxylic acid groups (broad SMARTS) is 1. The first-order valence-corrected chi connectivity index (χ1v) is 6.07. The van der Waals surface area contributed by atoms with Crippen LogP contribution in [0.4, 0.5) is 4.39 Å². The van der Waals surface area contributed by atoms with Crippen LogP contribution >= 0.6 is 15.9 Å². The van der Waals surface area contributed by atoms with Crippen LogP contribution in [0.15, 0.2) is 28.7 Å². The molecule has 0 saturated heterocycles. The molecule has 0 amide bonds. The van der Waals surface area contributed by atoms with Crippen molar-refractivity contribution < 1.29 is 14.3 Å². The molecule has 0 aliphatic carbocycles. The highest BCUT2D eigenvalue weighted by atomic mass is 79.9. The SMILES string of the molecule is O=C(O)CCc1[nH]nc(-c2cccc(F)c2)c1Br. The molecule has 18 heavy (non-hydrogen) atoms. The molecule has 0 spiro atoms. The first-order valence-electron chi connectivity index (χ1n) is 5.28. The molecule has 6 heteroatoms. The van der Waals surface area contributed by atoms with Crippen molar-refractivity contribution in [3.8, 4) is 11.3 Å². The highest BCUT2D eigenvalue weighted by Gasteiger charge is 2.13. The predicted molar refractivity (Wildman–Crippen MR) is 67.6 cm³/mol. The third kappa shape index (κ3) is 2.76. The highest BCUT2D eigenvalue weighted by Crippen LogP contribution is 2.29. The van der Waals surface area contributed by atoms with Crippen LogP contribution in [0.2, 0.25) is 0 Å². The van der Waals surface area contributed by atoms with Crippen molar-refractivity contribution in [2.45, 2.75) is 12.8 Å². The van der Waals surface area contributed by atoms with Gasteiger partial charge in [0.15, 0.2) is 0 Å². The molecular weight excluding hydrogens is 303 g/mol. The number of H-pyrrole nitrogens is 1. The molecule has 1 aromatic carbocycles. The lowest BCUT2D eigenvalue weighted by Gasteiger charge is -1.98. The van der Waals surface area contributed by atoms with E-state index in [1.54, 1.807) is 12.1 Å². The summed E-state index contributed by atoms with van der Waals surface area (Å²) in [7, 11) is 0. The lowest BCUT2D eigenvalue weighted by molar-refractivity contribution is -0.136. The van der Waals surface area contributed by atoms with Crippen molar-refractivity contribution in [2.75, 3.05) is 0 Å². The summed E-state index contributed by atoms with van der Waals surface area (Å²) in [6.07, 6.45) is 0.363. The Morgan fingerprint density at radius 2 is 2.28 bits per heavy atom. The van der Waals surface area contributed by atoms with Crippen LogP contribution < -0.4 is 0 Å². The number of aryl methyl sites for hydroxylation is 1. The van der Waals surface area contributed by atoms with Gasteiger partial charge in [-0.2, -0.15) is 5.10 Å². The van der Waals surface area contributed by atoms with E-state index in [4.69, 9.17) is 5.11 Å². The van der Waals surface area contributed by atoms with Crippen LogP contribution in [0.1, 0.15) is 12.1 Å². The molecule has 94 valence electrons. The maximum Gasteiger partial charge on any atom is 0.303 e. The summed E-state index contributed by atoms with van der Waals surface area (Å²) < 4.78 is 13.8. The Kier molecular flexibility index (Phi) is 3.76. The number of aliphatic carboxylic acids is 1. The third-order valence-corrected chi connectivity index (χ3v) is 3.32. The Morgan fingerprint density at radius 3 is 2.94 bits per heavy atom. The van der Waals surface area contributed by atoms with Gasteiger partial charge in [0.2, 0.25) is 0 Å². The molecule has 0 aliphatic rings. The van der Waals surface area contributed by atoms with Crippen LogP contribution in [0.5, 0.6) is 0 Å². The Hall–Kier alpha value is -1.69. The van der Waals surface area contributed by atoms with Gasteiger partial charge in [-0.3, -0.25) is 9.89 Å². The topological polar surface area (TPSA) is 66.0 Å². The van der Waals surface area contributed by atoms with Gasteiger partial charge in [0.05, 0.1) is 16.6 Å². The lowest BCUT2D eigenvalue weighted by Crippen LogP contribution is -1.98. The molecule has 4 nitrogen and oxygen atoms in total. The van der Waals surface area contributed by atoms with E-state index in [0.29, 0.717) is 27.8 Å². The number of rotatable bonds is 4. The fourth-order valence-electron chi connectivity index (χ4n) is 1.59. The van der Waals surface area contributed by atoms with Gasteiger partial charge in [0.25, 0.3) is 0 Å². The largest absolute Gasteiger partial charge is 0.481 e. The molecule has 0 aliphatic heterocycles. The van der Waals surface area contributed by atoms with E-state index >= 15 is 0 Å². The average Bonchev–Trinajstić information content (AvgIpc) is 2.68. The highest BCUT2D eigenvalue weighted by molar-refractivity contribution is 9.10. The molecule has 0 saturated carbocycles. The Bertz CT molecular complexity index is 583. The van der Waals surface area contributed by atoms with Gasteiger partial charge in [-0.15, -0.1) is 0 Å². The number of benzene rings is 1. The van der Waals surface area contributed by atoms with Crippen LogP contribution in [-0.4, -0.2) is 21.3 Å². The zero-order valence-corrected chi connectivity index (χ0v) is 10.9. The molecule has 0 fully saturated rings. The summed E-state index contributed by atoms with van der Waals surface area (Å²) in [4.78, 5) is 10.5. The van der Waals surface area contributed by atoms with Gasteiger partial charge in [0, 0.05) is 12.0 Å².